The molecule has 5 atom stereocenters. The number of ether oxygens (including phenoxy) is 2. The monoisotopic (exact) mass is 676 g/mol. The zero-order chi connectivity index (χ0) is 31.7. The van der Waals surface area contributed by atoms with E-state index in [1.165, 1.54) is 36.4 Å². The van der Waals surface area contributed by atoms with Crippen LogP contribution >= 0.6 is 11.3 Å². The van der Waals surface area contributed by atoms with Crippen LogP contribution in [0.3, 0.4) is 0 Å². The number of hydrogen-bond acceptors (Lipinski definition) is 11. The molecule has 5 saturated heterocycles. The van der Waals surface area contributed by atoms with Crippen molar-refractivity contribution in [3.63, 3.8) is 0 Å². The Morgan fingerprint density at radius 2 is 1.87 bits per heavy atom. The van der Waals surface area contributed by atoms with Gasteiger partial charge in [-0.15, -0.1) is 0 Å². The molecule has 6 aliphatic rings. The first-order valence-electron chi connectivity index (χ1n) is 15.7. The fraction of sp³-hybridized carbons (Fsp3) is 0.567. The summed E-state index contributed by atoms with van der Waals surface area (Å²) in [5.74, 6) is -0.814. The molecule has 46 heavy (non-hydrogen) atoms. The highest BCUT2D eigenvalue weighted by molar-refractivity contribution is 7.83. The molecule has 8 heterocycles. The number of fused-ring (bicyclic) bond motifs is 5. The summed E-state index contributed by atoms with van der Waals surface area (Å²) >= 11 is 0.977. The molecule has 1 aromatic carbocycles. The van der Waals surface area contributed by atoms with E-state index in [2.05, 4.69) is 25.2 Å². The molecule has 0 aliphatic carbocycles. The molecular formula is C30H35F3N8O3S2. The van der Waals surface area contributed by atoms with Gasteiger partial charge in [0.25, 0.3) is 0 Å². The van der Waals surface area contributed by atoms with Crippen molar-refractivity contribution in [2.45, 2.75) is 67.3 Å². The second-order valence-corrected chi connectivity index (χ2v) is 15.0. The van der Waals surface area contributed by atoms with Crippen molar-refractivity contribution in [2.75, 3.05) is 57.1 Å². The third-order valence-electron chi connectivity index (χ3n) is 9.69. The smallest absolute Gasteiger partial charge is 0.318 e. The molecule has 2 bridgehead atoms. The van der Waals surface area contributed by atoms with E-state index in [0.717, 1.165) is 37.1 Å². The van der Waals surface area contributed by atoms with Gasteiger partial charge in [-0.2, -0.15) is 9.97 Å². The lowest BCUT2D eigenvalue weighted by atomic mass is 10.1. The summed E-state index contributed by atoms with van der Waals surface area (Å²) < 4.78 is 70.6. The summed E-state index contributed by atoms with van der Waals surface area (Å²) in [5.41, 5.74) is 6.29. The van der Waals surface area contributed by atoms with Crippen molar-refractivity contribution < 1.29 is 26.9 Å². The second kappa shape index (κ2) is 11.9. The summed E-state index contributed by atoms with van der Waals surface area (Å²) in [6, 6.07) is 3.47. The van der Waals surface area contributed by atoms with Crippen molar-refractivity contribution in [1.82, 2.24) is 29.5 Å². The summed E-state index contributed by atoms with van der Waals surface area (Å²) in [5, 5.41) is 3.72. The van der Waals surface area contributed by atoms with Gasteiger partial charge >= 0.3 is 6.01 Å². The molecule has 0 radical (unpaired) electrons. The minimum absolute atomic E-state index is 0.0153. The molecule has 3 aromatic rings. The predicted molar refractivity (Wildman–Crippen MR) is 170 cm³/mol. The number of alkyl halides is 1. The number of halogens is 3. The normalized spacial score (nSPS) is 29.1. The van der Waals surface area contributed by atoms with Crippen LogP contribution < -0.4 is 20.7 Å². The lowest BCUT2D eigenvalue weighted by Gasteiger charge is -2.42. The van der Waals surface area contributed by atoms with Gasteiger partial charge in [-0.25, -0.2) is 22.4 Å². The molecule has 3 N–H and O–H groups in total. The Kier molecular flexibility index (Phi) is 7.82. The van der Waals surface area contributed by atoms with E-state index in [1.54, 1.807) is 0 Å². The fourth-order valence-electron chi connectivity index (χ4n) is 7.52. The number of nitrogens with one attached hydrogen (secondary N) is 1. The van der Waals surface area contributed by atoms with Crippen LogP contribution in [-0.2, 0) is 15.7 Å². The van der Waals surface area contributed by atoms with Crippen LogP contribution in [0.5, 0.6) is 6.01 Å². The molecule has 9 rings (SSSR count). The third kappa shape index (κ3) is 5.12. The number of anilines is 2. The van der Waals surface area contributed by atoms with Crippen LogP contribution in [0, 0.1) is 5.82 Å². The van der Waals surface area contributed by atoms with Gasteiger partial charge in [-0.3, -0.25) is 9.21 Å². The molecule has 0 spiro atoms. The average molecular weight is 677 g/mol. The van der Waals surface area contributed by atoms with E-state index in [-0.39, 0.29) is 74.5 Å². The van der Waals surface area contributed by atoms with Gasteiger partial charge in [-0.1, -0.05) is 11.3 Å². The second-order valence-electron chi connectivity index (χ2n) is 12.6. The zero-order valence-corrected chi connectivity index (χ0v) is 26.9. The SMILES string of the molecule is COc1nc2c(c(N3CC4CCC(C3)N4)n1)S(=O)N(C1COC1)C(c1ccc(F)c3sc(N)nc13)=C2F.FC1CC2CCCN2C1. The number of aromatic nitrogens is 3. The highest BCUT2D eigenvalue weighted by Gasteiger charge is 2.45. The number of thiazole rings is 1. The number of hydrogen-bond donors (Lipinski definition) is 2. The van der Waals surface area contributed by atoms with E-state index in [4.69, 9.17) is 15.2 Å². The maximum atomic E-state index is 16.7. The minimum Gasteiger partial charge on any atom is -0.467 e. The molecule has 11 nitrogen and oxygen atoms in total. The standard InChI is InChI=1S/C23H23F2N7O3S2.C7H12FN/c1-34-23-29-17-15(25)18(13-4-5-14(24)19-16(13)28-22(26)36-19)32(12-8-35-9-12)37(33)20(17)21(30-23)31-6-10-2-3-11(7-31)27-10;8-6-4-7-2-1-3-9(7)5-6/h4-5,10-12,27H,2-3,6-9H2,1H3,(H2,26,28);6-7H,1-5H2. The maximum Gasteiger partial charge on any atom is 0.318 e. The Hall–Kier alpha value is -3.05. The first-order valence-corrected chi connectivity index (χ1v) is 17.6. The number of methoxy groups -OCH3 is 1. The Bertz CT molecular complexity index is 1710. The van der Waals surface area contributed by atoms with Crippen molar-refractivity contribution in [3.05, 3.63) is 29.2 Å². The van der Waals surface area contributed by atoms with Crippen LogP contribution in [0.15, 0.2) is 17.0 Å². The number of nitrogen functional groups attached to an aromatic ring is 1. The Balaban J connectivity index is 0.000000297. The Labute approximate surface area is 270 Å². The quantitative estimate of drug-likeness (QED) is 0.425. The maximum absolute atomic E-state index is 16.7. The van der Waals surface area contributed by atoms with Crippen LogP contribution in [0.25, 0.3) is 21.7 Å². The van der Waals surface area contributed by atoms with Crippen molar-refractivity contribution in [3.8, 4) is 6.01 Å². The van der Waals surface area contributed by atoms with Crippen LogP contribution in [0.2, 0.25) is 0 Å². The molecule has 2 aromatic heterocycles. The van der Waals surface area contributed by atoms with Crippen LogP contribution in [0.1, 0.15) is 43.4 Å². The van der Waals surface area contributed by atoms with E-state index in [0.29, 0.717) is 31.5 Å². The van der Waals surface area contributed by atoms with Crippen LogP contribution in [0.4, 0.5) is 24.1 Å². The van der Waals surface area contributed by atoms with Gasteiger partial charge < -0.3 is 25.4 Å². The molecule has 246 valence electrons. The molecule has 5 unspecified atom stereocenters. The molecule has 0 amide bonds. The molecule has 6 aliphatic heterocycles. The number of nitrogens with zero attached hydrogens (tertiary/aromatic N) is 6. The highest BCUT2D eigenvalue weighted by atomic mass is 32.2. The summed E-state index contributed by atoms with van der Waals surface area (Å²) in [6.07, 6.45) is 4.89. The highest BCUT2D eigenvalue weighted by Crippen LogP contribution is 2.47. The number of benzene rings is 1. The van der Waals surface area contributed by atoms with Gasteiger partial charge in [0, 0.05) is 43.3 Å². The van der Waals surface area contributed by atoms with E-state index in [9.17, 15) is 13.0 Å². The molecule has 5 fully saturated rings. The van der Waals surface area contributed by atoms with Gasteiger partial charge in [0.15, 0.2) is 27.8 Å². The van der Waals surface area contributed by atoms with Gasteiger partial charge in [0.2, 0.25) is 0 Å². The Morgan fingerprint density at radius 1 is 1.09 bits per heavy atom. The van der Waals surface area contributed by atoms with Gasteiger partial charge in [0.05, 0.1) is 42.3 Å². The zero-order valence-electron chi connectivity index (χ0n) is 25.3. The van der Waals surface area contributed by atoms with E-state index in [1.807, 2.05) is 4.90 Å². The lowest BCUT2D eigenvalue weighted by molar-refractivity contribution is -0.0220. The minimum atomic E-state index is -1.89. The Morgan fingerprint density at radius 3 is 2.57 bits per heavy atom. The van der Waals surface area contributed by atoms with E-state index < -0.39 is 28.8 Å². The summed E-state index contributed by atoms with van der Waals surface area (Å²) in [6.45, 7) is 3.70. The molecule has 16 heteroatoms. The number of nitrogens with two attached hydrogens (primary N) is 1. The fourth-order valence-corrected chi connectivity index (χ4v) is 9.85. The topological polar surface area (TPSA) is 122 Å². The first kappa shape index (κ1) is 30.3. The predicted octanol–water partition coefficient (Wildman–Crippen LogP) is 3.48. The van der Waals surface area contributed by atoms with E-state index >= 15 is 4.39 Å². The van der Waals surface area contributed by atoms with Crippen molar-refractivity contribution in [1.29, 1.82) is 0 Å². The first-order chi connectivity index (χ1) is 22.3. The van der Waals surface area contributed by atoms with Crippen LogP contribution in [-0.4, -0.2) is 105 Å². The van der Waals surface area contributed by atoms with Gasteiger partial charge in [0.1, 0.15) is 22.6 Å². The number of piperazine rings is 1. The lowest BCUT2D eigenvalue weighted by Crippen LogP contribution is -2.53. The number of rotatable bonds is 4. The van der Waals surface area contributed by atoms with Crippen molar-refractivity contribution in [2.24, 2.45) is 0 Å². The third-order valence-corrected chi connectivity index (χ3v) is 12.2. The summed E-state index contributed by atoms with van der Waals surface area (Å²) in [4.78, 5) is 17.7. The van der Waals surface area contributed by atoms with Crippen molar-refractivity contribution >= 4 is 55.0 Å². The molecular weight excluding hydrogens is 642 g/mol. The largest absolute Gasteiger partial charge is 0.467 e. The summed E-state index contributed by atoms with van der Waals surface area (Å²) in [7, 11) is -0.475. The average Bonchev–Trinajstić information content (AvgIpc) is 3.79. The van der Waals surface area contributed by atoms with Gasteiger partial charge in [-0.05, 0) is 50.8 Å². The molecule has 0 saturated carbocycles.